The Morgan fingerprint density at radius 3 is 2.05 bits per heavy atom. The van der Waals surface area contributed by atoms with Crippen LogP contribution in [0.4, 0.5) is 9.59 Å². The van der Waals surface area contributed by atoms with Crippen LogP contribution in [0, 0.1) is 0 Å². The molecule has 5 rings (SSSR count). The molecule has 2 saturated heterocycles. The second-order valence-corrected chi connectivity index (χ2v) is 15.5. The van der Waals surface area contributed by atoms with Crippen molar-refractivity contribution in [2.45, 2.75) is 61.8 Å². The first-order valence-corrected chi connectivity index (χ1v) is 21.2. The average molecular weight is 828 g/mol. The standard InChI is InChI=1S/C41H57N5O11S/c47-36(12-6-5-11-35-39-34(28-58-35)44-40(51)45-39)42-16-20-54-22-24-56-26-25-55-23-21-53-19-14-37(48)46(17-13-38(49)50)18-15-43-41(52)57-27-33-31-9-3-1-7-29(31)30-8-2-4-10-32(30)33/h1-4,7-10,33-35,39H,5-6,11-28H2,(H,42,47)(H,43,52)(H,49,50)(H2,44,45,51)/t34-,35-,39-/m1/s1. The molecule has 3 atom stereocenters. The molecule has 2 aliphatic heterocycles. The van der Waals surface area contributed by atoms with Crippen molar-refractivity contribution in [3.8, 4) is 11.1 Å². The number of aliphatic carboxylic acids is 1. The maximum absolute atomic E-state index is 12.9. The van der Waals surface area contributed by atoms with Crippen LogP contribution in [0.3, 0.4) is 0 Å². The zero-order chi connectivity index (χ0) is 41.0. The van der Waals surface area contributed by atoms with Crippen molar-refractivity contribution in [3.63, 3.8) is 0 Å². The number of hydrogen-bond donors (Lipinski definition) is 5. The Bertz CT molecular complexity index is 1610. The first-order valence-electron chi connectivity index (χ1n) is 20.1. The van der Waals surface area contributed by atoms with Crippen LogP contribution in [0.1, 0.15) is 55.6 Å². The molecule has 16 nitrogen and oxygen atoms in total. The highest BCUT2D eigenvalue weighted by atomic mass is 32.2. The lowest BCUT2D eigenvalue weighted by atomic mass is 9.98. The van der Waals surface area contributed by atoms with E-state index in [0.717, 1.165) is 47.3 Å². The molecule has 2 aromatic rings. The smallest absolute Gasteiger partial charge is 0.407 e. The van der Waals surface area contributed by atoms with Gasteiger partial charge in [0.1, 0.15) is 6.61 Å². The van der Waals surface area contributed by atoms with Gasteiger partial charge in [0.15, 0.2) is 0 Å². The first-order chi connectivity index (χ1) is 28.3. The van der Waals surface area contributed by atoms with Gasteiger partial charge in [0.05, 0.1) is 77.8 Å². The first kappa shape index (κ1) is 44.7. The number of fused-ring (bicyclic) bond motifs is 4. The number of alkyl carbamates (subject to hydrolysis) is 1. The van der Waals surface area contributed by atoms with Crippen LogP contribution in [0.2, 0.25) is 0 Å². The van der Waals surface area contributed by atoms with Gasteiger partial charge < -0.3 is 55.0 Å². The highest BCUT2D eigenvalue weighted by molar-refractivity contribution is 8.00. The minimum atomic E-state index is -1.02. The van der Waals surface area contributed by atoms with Gasteiger partial charge in [-0.25, -0.2) is 9.59 Å². The van der Waals surface area contributed by atoms with E-state index in [0.29, 0.717) is 57.9 Å². The molecule has 3 aliphatic rings. The molecule has 5 N–H and O–H groups in total. The van der Waals surface area contributed by atoms with Gasteiger partial charge in [0.25, 0.3) is 0 Å². The van der Waals surface area contributed by atoms with Crippen molar-refractivity contribution in [3.05, 3.63) is 59.7 Å². The van der Waals surface area contributed by atoms with Gasteiger partial charge in [-0.2, -0.15) is 11.8 Å². The summed E-state index contributed by atoms with van der Waals surface area (Å²) in [6, 6.07) is 16.5. The Labute approximate surface area is 343 Å². The number of carbonyl (C=O) groups excluding carboxylic acids is 4. The Morgan fingerprint density at radius 1 is 0.741 bits per heavy atom. The molecule has 2 aromatic carbocycles. The number of carboxylic acids is 1. The van der Waals surface area contributed by atoms with Crippen LogP contribution < -0.4 is 21.3 Å². The Balaban J connectivity index is 0.812. The van der Waals surface area contributed by atoms with Gasteiger partial charge in [-0.1, -0.05) is 55.0 Å². The van der Waals surface area contributed by atoms with Crippen molar-refractivity contribution in [1.29, 1.82) is 0 Å². The largest absolute Gasteiger partial charge is 0.481 e. The van der Waals surface area contributed by atoms with E-state index in [2.05, 4.69) is 33.4 Å². The predicted octanol–water partition coefficient (Wildman–Crippen LogP) is 3.13. The number of benzene rings is 2. The van der Waals surface area contributed by atoms with Crippen molar-refractivity contribution in [1.82, 2.24) is 26.2 Å². The molecule has 318 valence electrons. The summed E-state index contributed by atoms with van der Waals surface area (Å²) in [4.78, 5) is 61.6. The molecule has 0 aromatic heterocycles. The molecule has 17 heteroatoms. The SMILES string of the molecule is O=C(O)CCN(CCNC(=O)OCC1c2ccccc2-c2ccccc21)C(=O)CCOCCOCCOCCOCCNC(=O)CCCC[C@H]1SC[C@H]2NC(=O)N[C@H]21. The molecular weight excluding hydrogens is 771 g/mol. The minimum Gasteiger partial charge on any atom is -0.481 e. The topological polar surface area (TPSA) is 203 Å². The van der Waals surface area contributed by atoms with E-state index in [1.165, 1.54) is 4.90 Å². The molecule has 0 saturated carbocycles. The van der Waals surface area contributed by atoms with Crippen molar-refractivity contribution in [2.24, 2.45) is 0 Å². The zero-order valence-corrected chi connectivity index (χ0v) is 33.8. The third-order valence-electron chi connectivity index (χ3n) is 10.2. The van der Waals surface area contributed by atoms with E-state index >= 15 is 0 Å². The summed E-state index contributed by atoms with van der Waals surface area (Å²) in [6.45, 7) is 3.52. The number of carboxylic acid groups (broad SMARTS) is 1. The summed E-state index contributed by atoms with van der Waals surface area (Å²) < 4.78 is 27.6. The average Bonchev–Trinajstić information content (AvgIpc) is 3.88. The number of unbranched alkanes of at least 4 members (excludes halogenated alkanes) is 1. The summed E-state index contributed by atoms with van der Waals surface area (Å²) >= 11 is 1.88. The van der Waals surface area contributed by atoms with E-state index in [1.807, 2.05) is 48.2 Å². The summed E-state index contributed by atoms with van der Waals surface area (Å²) in [6.07, 6.45) is 2.45. The van der Waals surface area contributed by atoms with Gasteiger partial charge in [0, 0.05) is 49.5 Å². The molecular formula is C41H57N5O11S. The second-order valence-electron chi connectivity index (χ2n) is 14.2. The lowest BCUT2D eigenvalue weighted by Gasteiger charge is -2.22. The van der Waals surface area contributed by atoms with Crippen LogP contribution in [-0.2, 0) is 38.1 Å². The molecule has 58 heavy (non-hydrogen) atoms. The monoisotopic (exact) mass is 827 g/mol. The highest BCUT2D eigenvalue weighted by Crippen LogP contribution is 2.44. The molecule has 1 aliphatic carbocycles. The molecule has 0 radical (unpaired) electrons. The van der Waals surface area contributed by atoms with Crippen LogP contribution in [0.5, 0.6) is 0 Å². The van der Waals surface area contributed by atoms with Crippen LogP contribution in [0.25, 0.3) is 11.1 Å². The number of amides is 5. The number of nitrogens with zero attached hydrogens (tertiary/aromatic N) is 1. The zero-order valence-electron chi connectivity index (χ0n) is 33.0. The van der Waals surface area contributed by atoms with E-state index < -0.39 is 12.1 Å². The molecule has 2 heterocycles. The number of nitrogens with one attached hydrogen (secondary N) is 4. The van der Waals surface area contributed by atoms with Crippen LogP contribution in [-0.4, -0.2) is 149 Å². The summed E-state index contributed by atoms with van der Waals surface area (Å²) in [5.74, 6) is -0.428. The minimum absolute atomic E-state index is 0.00927. The quantitative estimate of drug-likeness (QED) is 0.0621. The molecule has 2 fully saturated rings. The molecule has 5 amide bonds. The van der Waals surface area contributed by atoms with Crippen LogP contribution >= 0.6 is 11.8 Å². The Morgan fingerprint density at radius 2 is 1.38 bits per heavy atom. The fourth-order valence-electron chi connectivity index (χ4n) is 7.24. The third-order valence-corrected chi connectivity index (χ3v) is 11.7. The van der Waals surface area contributed by atoms with E-state index in [4.69, 9.17) is 28.8 Å². The Kier molecular flexibility index (Phi) is 18.9. The number of urea groups is 1. The van der Waals surface area contributed by atoms with Crippen molar-refractivity contribution >= 4 is 41.7 Å². The summed E-state index contributed by atoms with van der Waals surface area (Å²) in [5.41, 5.74) is 4.48. The fraction of sp³-hybridized carbons (Fsp3) is 0.585. The summed E-state index contributed by atoms with van der Waals surface area (Å²) in [7, 11) is 0. The van der Waals surface area contributed by atoms with Crippen molar-refractivity contribution in [2.75, 3.05) is 91.4 Å². The van der Waals surface area contributed by atoms with Gasteiger partial charge in [0.2, 0.25) is 11.8 Å². The third kappa shape index (κ3) is 14.4. The van der Waals surface area contributed by atoms with Crippen molar-refractivity contribution < 1.29 is 52.8 Å². The number of carbonyl (C=O) groups is 5. The van der Waals surface area contributed by atoms with E-state index in [1.54, 1.807) is 0 Å². The van der Waals surface area contributed by atoms with Gasteiger partial charge >= 0.3 is 18.1 Å². The molecule has 0 spiro atoms. The van der Waals surface area contributed by atoms with Gasteiger partial charge in [-0.05, 0) is 35.1 Å². The predicted molar refractivity (Wildman–Crippen MR) is 217 cm³/mol. The number of hydrogen-bond acceptors (Lipinski definition) is 11. The normalized spacial score (nSPS) is 17.8. The maximum Gasteiger partial charge on any atom is 0.407 e. The molecule has 0 unspecified atom stereocenters. The lowest BCUT2D eigenvalue weighted by molar-refractivity contribution is -0.138. The van der Waals surface area contributed by atoms with Crippen LogP contribution in [0.15, 0.2) is 48.5 Å². The molecule has 0 bridgehead atoms. The number of thioether (sulfide) groups is 1. The summed E-state index contributed by atoms with van der Waals surface area (Å²) in [5, 5.41) is 21.1. The number of rotatable bonds is 28. The lowest BCUT2D eigenvalue weighted by Crippen LogP contribution is -2.40. The Hall–Kier alpha value is -4.42. The fourth-order valence-corrected chi connectivity index (χ4v) is 8.78. The highest BCUT2D eigenvalue weighted by Gasteiger charge is 2.42. The van der Waals surface area contributed by atoms with E-state index in [9.17, 15) is 24.0 Å². The van der Waals surface area contributed by atoms with Gasteiger partial charge in [-0.15, -0.1) is 0 Å². The second kappa shape index (κ2) is 24.5. The van der Waals surface area contributed by atoms with E-state index in [-0.39, 0.29) is 88.1 Å². The number of ether oxygens (including phenoxy) is 5. The van der Waals surface area contributed by atoms with Gasteiger partial charge in [-0.3, -0.25) is 14.4 Å². The maximum atomic E-state index is 12.9.